The van der Waals surface area contributed by atoms with Crippen LogP contribution in [0, 0.1) is 6.92 Å². The van der Waals surface area contributed by atoms with Crippen molar-refractivity contribution in [1.82, 2.24) is 9.97 Å². The van der Waals surface area contributed by atoms with Crippen molar-refractivity contribution in [3.8, 4) is 22.6 Å². The van der Waals surface area contributed by atoms with Crippen LogP contribution in [-0.2, 0) is 0 Å². The van der Waals surface area contributed by atoms with E-state index in [4.69, 9.17) is 0 Å². The largest absolute Gasteiger partial charge is 0.344 e. The van der Waals surface area contributed by atoms with Crippen LogP contribution in [0.4, 0.5) is 0 Å². The first-order valence-electron chi connectivity index (χ1n) is 6.01. The minimum absolute atomic E-state index is 0.911. The van der Waals surface area contributed by atoms with Gasteiger partial charge in [0.15, 0.2) is 0 Å². The van der Waals surface area contributed by atoms with Crippen LogP contribution >= 0.6 is 0 Å². The maximum atomic E-state index is 4.62. The van der Waals surface area contributed by atoms with Crippen molar-refractivity contribution in [1.29, 1.82) is 0 Å². The molecule has 0 saturated heterocycles. The van der Waals surface area contributed by atoms with E-state index in [0.717, 1.165) is 22.6 Å². The third-order valence-corrected chi connectivity index (χ3v) is 2.97. The van der Waals surface area contributed by atoms with Crippen LogP contribution in [0.5, 0.6) is 0 Å². The predicted molar refractivity (Wildman–Crippen MR) is 74.2 cm³/mol. The molecule has 3 rings (SSSR count). The van der Waals surface area contributed by atoms with Gasteiger partial charge in [0.2, 0.25) is 0 Å². The van der Waals surface area contributed by atoms with Crippen molar-refractivity contribution >= 4 is 0 Å². The third-order valence-electron chi connectivity index (χ3n) is 2.97. The summed E-state index contributed by atoms with van der Waals surface area (Å²) in [6, 6.07) is 18.6. The van der Waals surface area contributed by atoms with E-state index in [9.17, 15) is 0 Å². The van der Waals surface area contributed by atoms with Crippen molar-refractivity contribution < 1.29 is 0 Å². The molecule has 88 valence electrons. The Hall–Kier alpha value is -2.35. The molecule has 0 aliphatic carbocycles. The molecule has 0 radical (unpaired) electrons. The standard InChI is InChI=1S/C16H14N2/c1-12-7-9-14(10-8-12)16-17-11-15(18-16)13-5-3-2-4-6-13/h2-11H,1H3,(H,17,18). The van der Waals surface area contributed by atoms with Crippen molar-refractivity contribution in [2.45, 2.75) is 6.92 Å². The normalized spacial score (nSPS) is 10.5. The fourth-order valence-corrected chi connectivity index (χ4v) is 1.94. The summed E-state index contributed by atoms with van der Waals surface area (Å²) in [5, 5.41) is 0. The minimum Gasteiger partial charge on any atom is -0.344 e. The van der Waals surface area contributed by atoms with Crippen LogP contribution in [0.3, 0.4) is 0 Å². The van der Waals surface area contributed by atoms with Gasteiger partial charge >= 0.3 is 0 Å². The number of H-pyrrole nitrogens is 1. The van der Waals surface area contributed by atoms with Crippen molar-refractivity contribution in [2.75, 3.05) is 0 Å². The third kappa shape index (κ3) is 2.05. The molecule has 3 aromatic rings. The van der Waals surface area contributed by atoms with E-state index in [1.54, 1.807) is 0 Å². The van der Waals surface area contributed by atoms with Crippen LogP contribution in [0.25, 0.3) is 22.6 Å². The minimum atomic E-state index is 0.911. The average molecular weight is 234 g/mol. The Morgan fingerprint density at radius 1 is 0.833 bits per heavy atom. The van der Waals surface area contributed by atoms with E-state index < -0.39 is 0 Å². The Morgan fingerprint density at radius 3 is 2.28 bits per heavy atom. The summed E-state index contributed by atoms with van der Waals surface area (Å²) in [5.41, 5.74) is 4.48. The van der Waals surface area contributed by atoms with Crippen LogP contribution in [0.2, 0.25) is 0 Å². The Kier molecular flexibility index (Phi) is 2.69. The molecule has 1 heterocycles. The Labute approximate surface area is 106 Å². The summed E-state index contributed by atoms with van der Waals surface area (Å²) in [5.74, 6) is 0.911. The molecule has 2 aromatic carbocycles. The van der Waals surface area contributed by atoms with Gasteiger partial charge in [-0.05, 0) is 6.92 Å². The average Bonchev–Trinajstić information content (AvgIpc) is 2.90. The molecule has 0 bridgehead atoms. The van der Waals surface area contributed by atoms with Gasteiger partial charge in [0.05, 0.1) is 5.69 Å². The van der Waals surface area contributed by atoms with E-state index in [0.29, 0.717) is 0 Å². The first-order chi connectivity index (χ1) is 8.83. The number of aromatic amines is 1. The Bertz CT molecular complexity index is 636. The van der Waals surface area contributed by atoms with Crippen molar-refractivity contribution in [2.24, 2.45) is 0 Å². The van der Waals surface area contributed by atoms with E-state index in [-0.39, 0.29) is 0 Å². The van der Waals surface area contributed by atoms with Gasteiger partial charge in [-0.25, -0.2) is 4.98 Å². The van der Waals surface area contributed by atoms with Crippen molar-refractivity contribution in [3.05, 3.63) is 66.4 Å². The number of hydrogen-bond donors (Lipinski definition) is 1. The molecule has 18 heavy (non-hydrogen) atoms. The molecule has 0 aliphatic heterocycles. The quantitative estimate of drug-likeness (QED) is 0.712. The predicted octanol–water partition coefficient (Wildman–Crippen LogP) is 4.05. The van der Waals surface area contributed by atoms with Gasteiger partial charge in [0.1, 0.15) is 5.82 Å². The fraction of sp³-hybridized carbons (Fsp3) is 0.0625. The maximum Gasteiger partial charge on any atom is 0.138 e. The fourth-order valence-electron chi connectivity index (χ4n) is 1.94. The second kappa shape index (κ2) is 4.49. The number of nitrogens with one attached hydrogen (secondary N) is 1. The zero-order valence-corrected chi connectivity index (χ0v) is 10.2. The molecule has 0 unspecified atom stereocenters. The summed E-state index contributed by atoms with van der Waals surface area (Å²) in [7, 11) is 0. The van der Waals surface area contributed by atoms with Crippen LogP contribution in [-0.4, -0.2) is 9.97 Å². The van der Waals surface area contributed by atoms with Crippen molar-refractivity contribution in [3.63, 3.8) is 0 Å². The lowest BCUT2D eigenvalue weighted by Crippen LogP contribution is -1.81. The second-order valence-electron chi connectivity index (χ2n) is 4.37. The van der Waals surface area contributed by atoms with Crippen LogP contribution in [0.15, 0.2) is 60.8 Å². The topological polar surface area (TPSA) is 28.7 Å². The highest BCUT2D eigenvalue weighted by Gasteiger charge is 2.04. The van der Waals surface area contributed by atoms with E-state index >= 15 is 0 Å². The first kappa shape index (κ1) is 10.8. The lowest BCUT2D eigenvalue weighted by molar-refractivity contribution is 1.30. The molecule has 0 fully saturated rings. The molecule has 2 nitrogen and oxygen atoms in total. The molecule has 0 amide bonds. The maximum absolute atomic E-state index is 4.62. The zero-order chi connectivity index (χ0) is 12.4. The second-order valence-corrected chi connectivity index (χ2v) is 4.37. The van der Waals surface area contributed by atoms with Gasteiger partial charge in [0.25, 0.3) is 0 Å². The Balaban J connectivity index is 1.97. The van der Waals surface area contributed by atoms with E-state index in [1.165, 1.54) is 5.56 Å². The highest BCUT2D eigenvalue weighted by molar-refractivity contribution is 5.64. The molecule has 1 N–H and O–H groups in total. The Morgan fingerprint density at radius 2 is 1.56 bits per heavy atom. The molecule has 0 spiro atoms. The summed E-state index contributed by atoms with van der Waals surface area (Å²) in [6.07, 6.45) is 1.95. The SMILES string of the molecule is Cc1ccc(-c2nc(-c3ccccc3)c[nH]2)cc1. The summed E-state index contributed by atoms with van der Waals surface area (Å²) in [4.78, 5) is 7.85. The smallest absolute Gasteiger partial charge is 0.138 e. The van der Waals surface area contributed by atoms with E-state index in [2.05, 4.69) is 53.3 Å². The van der Waals surface area contributed by atoms with Crippen LogP contribution in [0.1, 0.15) is 5.56 Å². The van der Waals surface area contributed by atoms with Gasteiger partial charge in [-0.1, -0.05) is 60.2 Å². The monoisotopic (exact) mass is 234 g/mol. The molecule has 0 saturated carbocycles. The van der Waals surface area contributed by atoms with Gasteiger partial charge in [-0.2, -0.15) is 0 Å². The number of aryl methyl sites for hydroxylation is 1. The molecule has 2 heteroatoms. The van der Waals surface area contributed by atoms with Gasteiger partial charge < -0.3 is 4.98 Å². The number of nitrogens with zero attached hydrogens (tertiary/aromatic N) is 1. The number of aromatic nitrogens is 2. The summed E-state index contributed by atoms with van der Waals surface area (Å²) < 4.78 is 0. The highest BCUT2D eigenvalue weighted by atomic mass is 14.9. The number of benzene rings is 2. The molecular weight excluding hydrogens is 220 g/mol. The van der Waals surface area contributed by atoms with Crippen LogP contribution < -0.4 is 0 Å². The number of rotatable bonds is 2. The van der Waals surface area contributed by atoms with E-state index in [1.807, 2.05) is 24.4 Å². The number of hydrogen-bond acceptors (Lipinski definition) is 1. The zero-order valence-electron chi connectivity index (χ0n) is 10.2. The molecular formula is C16H14N2. The highest BCUT2D eigenvalue weighted by Crippen LogP contribution is 2.21. The lowest BCUT2D eigenvalue weighted by Gasteiger charge is -1.97. The molecule has 1 aromatic heterocycles. The molecule has 0 atom stereocenters. The summed E-state index contributed by atoms with van der Waals surface area (Å²) in [6.45, 7) is 2.08. The van der Waals surface area contributed by atoms with Gasteiger partial charge in [-0.15, -0.1) is 0 Å². The lowest BCUT2D eigenvalue weighted by atomic mass is 10.1. The number of imidazole rings is 1. The first-order valence-corrected chi connectivity index (χ1v) is 6.01. The van der Waals surface area contributed by atoms with Gasteiger partial charge in [0, 0.05) is 17.3 Å². The summed E-state index contributed by atoms with van der Waals surface area (Å²) >= 11 is 0. The van der Waals surface area contributed by atoms with Gasteiger partial charge in [-0.3, -0.25) is 0 Å². The molecule has 0 aliphatic rings.